The lowest BCUT2D eigenvalue weighted by Gasteiger charge is -2.07. The quantitative estimate of drug-likeness (QED) is 0.780. The molecule has 0 aliphatic heterocycles. The molecule has 15 heavy (non-hydrogen) atoms. The average molecular weight is 250 g/mol. The van der Waals surface area contributed by atoms with E-state index in [-0.39, 0.29) is 10.8 Å². The van der Waals surface area contributed by atoms with Crippen molar-refractivity contribution in [3.63, 3.8) is 0 Å². The van der Waals surface area contributed by atoms with E-state index in [2.05, 4.69) is 22.3 Å². The molecule has 2 aromatic rings. The minimum atomic E-state index is -2.90. The molecule has 0 atom stereocenters. The van der Waals surface area contributed by atoms with Crippen LogP contribution in [0.15, 0.2) is 23.2 Å². The van der Waals surface area contributed by atoms with Crippen molar-refractivity contribution in [3.8, 4) is 5.75 Å². The molecule has 1 N–H and O–H groups in total. The molecule has 0 aliphatic carbocycles. The lowest BCUT2D eigenvalue weighted by atomic mass is 10.2. The van der Waals surface area contributed by atoms with E-state index in [0.29, 0.717) is 15.8 Å². The van der Waals surface area contributed by atoms with Gasteiger partial charge >= 0.3 is 6.61 Å². The predicted octanol–water partition coefficient (Wildman–Crippen LogP) is 3.71. The van der Waals surface area contributed by atoms with Gasteiger partial charge in [-0.15, -0.1) is 12.6 Å². The van der Waals surface area contributed by atoms with Crippen molar-refractivity contribution in [2.45, 2.75) is 11.5 Å². The van der Waals surface area contributed by atoms with E-state index in [0.717, 1.165) is 0 Å². The SMILES string of the molecule is FC(F)Oc1c(Cl)ccc2c(S)c[nH]c12. The van der Waals surface area contributed by atoms with E-state index >= 15 is 0 Å². The van der Waals surface area contributed by atoms with E-state index in [1.807, 2.05) is 0 Å². The first-order valence-corrected chi connectivity index (χ1v) is 4.85. The van der Waals surface area contributed by atoms with Crippen LogP contribution in [0.1, 0.15) is 0 Å². The zero-order chi connectivity index (χ0) is 11.0. The summed E-state index contributed by atoms with van der Waals surface area (Å²) in [5, 5.41) is 0.830. The average Bonchev–Trinajstić information content (AvgIpc) is 2.52. The van der Waals surface area contributed by atoms with Crippen LogP contribution in [0.25, 0.3) is 10.9 Å². The minimum absolute atomic E-state index is 0.0514. The molecular weight excluding hydrogens is 244 g/mol. The number of rotatable bonds is 2. The van der Waals surface area contributed by atoms with Gasteiger partial charge in [0.05, 0.1) is 10.5 Å². The molecule has 2 nitrogen and oxygen atoms in total. The number of hydrogen-bond donors (Lipinski definition) is 2. The van der Waals surface area contributed by atoms with E-state index in [4.69, 9.17) is 11.6 Å². The van der Waals surface area contributed by atoms with Gasteiger partial charge in [0.2, 0.25) is 0 Å². The van der Waals surface area contributed by atoms with Crippen LogP contribution in [-0.2, 0) is 0 Å². The van der Waals surface area contributed by atoms with Gasteiger partial charge in [0.25, 0.3) is 0 Å². The minimum Gasteiger partial charge on any atom is -0.431 e. The molecule has 2 rings (SSSR count). The molecule has 80 valence electrons. The van der Waals surface area contributed by atoms with Gasteiger partial charge in [-0.3, -0.25) is 0 Å². The van der Waals surface area contributed by atoms with Crippen LogP contribution in [0.2, 0.25) is 5.02 Å². The molecule has 0 fully saturated rings. The zero-order valence-corrected chi connectivity index (χ0v) is 8.95. The second-order valence-corrected chi connectivity index (χ2v) is 3.74. The summed E-state index contributed by atoms with van der Waals surface area (Å²) in [5.41, 5.74) is 0.424. The molecule has 0 bridgehead atoms. The highest BCUT2D eigenvalue weighted by atomic mass is 35.5. The first kappa shape index (κ1) is 10.6. The Morgan fingerprint density at radius 1 is 1.40 bits per heavy atom. The maximum Gasteiger partial charge on any atom is 0.387 e. The summed E-state index contributed by atoms with van der Waals surface area (Å²) in [6.45, 7) is -2.90. The third kappa shape index (κ3) is 1.89. The van der Waals surface area contributed by atoms with Crippen LogP contribution in [0, 0.1) is 0 Å². The van der Waals surface area contributed by atoms with Crippen molar-refractivity contribution in [1.29, 1.82) is 0 Å². The number of ether oxygens (including phenoxy) is 1. The topological polar surface area (TPSA) is 25.0 Å². The largest absolute Gasteiger partial charge is 0.431 e. The second-order valence-electron chi connectivity index (χ2n) is 2.85. The number of thiol groups is 1. The maximum atomic E-state index is 12.1. The number of hydrogen-bond acceptors (Lipinski definition) is 2. The van der Waals surface area contributed by atoms with E-state index in [1.54, 1.807) is 12.3 Å². The number of aromatic nitrogens is 1. The van der Waals surface area contributed by atoms with Gasteiger partial charge in [-0.1, -0.05) is 11.6 Å². The smallest absolute Gasteiger partial charge is 0.387 e. The molecule has 0 aliphatic rings. The van der Waals surface area contributed by atoms with Crippen molar-refractivity contribution < 1.29 is 13.5 Å². The molecule has 1 aromatic heterocycles. The first-order valence-electron chi connectivity index (χ1n) is 4.03. The Hall–Kier alpha value is -0.940. The summed E-state index contributed by atoms with van der Waals surface area (Å²) >= 11 is 9.91. The van der Waals surface area contributed by atoms with Crippen molar-refractivity contribution in [2.75, 3.05) is 0 Å². The molecule has 0 amide bonds. The summed E-state index contributed by atoms with van der Waals surface area (Å²) in [6.07, 6.45) is 1.59. The van der Waals surface area contributed by atoms with E-state index in [1.165, 1.54) is 6.07 Å². The summed E-state index contributed by atoms with van der Waals surface area (Å²) in [5.74, 6) is -0.0514. The van der Waals surface area contributed by atoms with Crippen LogP contribution in [0.5, 0.6) is 5.75 Å². The number of alkyl halides is 2. The highest BCUT2D eigenvalue weighted by Gasteiger charge is 2.14. The van der Waals surface area contributed by atoms with E-state index < -0.39 is 6.61 Å². The number of halogens is 3. The fraction of sp³-hybridized carbons (Fsp3) is 0.111. The number of aromatic amines is 1. The molecule has 0 unspecified atom stereocenters. The number of fused-ring (bicyclic) bond motifs is 1. The van der Waals surface area contributed by atoms with Crippen LogP contribution in [-0.4, -0.2) is 11.6 Å². The Balaban J connectivity index is 2.63. The van der Waals surface area contributed by atoms with Crippen molar-refractivity contribution in [3.05, 3.63) is 23.4 Å². The fourth-order valence-corrected chi connectivity index (χ4v) is 1.79. The standard InChI is InChI=1S/C9H6ClF2NOS/c10-5-2-1-4-6(15)3-13-7(4)8(5)14-9(11)12/h1-3,9,13,15H. The van der Waals surface area contributed by atoms with Crippen LogP contribution in [0.3, 0.4) is 0 Å². The van der Waals surface area contributed by atoms with Gasteiger partial charge in [-0.25, -0.2) is 0 Å². The van der Waals surface area contributed by atoms with Crippen LogP contribution in [0.4, 0.5) is 8.78 Å². The van der Waals surface area contributed by atoms with Gasteiger partial charge in [0.15, 0.2) is 5.75 Å². The molecule has 6 heteroatoms. The number of nitrogens with one attached hydrogen (secondary N) is 1. The second kappa shape index (κ2) is 3.90. The number of H-pyrrole nitrogens is 1. The Morgan fingerprint density at radius 3 is 2.80 bits per heavy atom. The van der Waals surface area contributed by atoms with Crippen LogP contribution < -0.4 is 4.74 Å². The Morgan fingerprint density at radius 2 is 2.13 bits per heavy atom. The van der Waals surface area contributed by atoms with E-state index in [9.17, 15) is 8.78 Å². The molecule has 0 radical (unpaired) electrons. The molecule has 1 aromatic carbocycles. The van der Waals surface area contributed by atoms with Crippen LogP contribution >= 0.6 is 24.2 Å². The molecule has 0 spiro atoms. The van der Waals surface area contributed by atoms with Crippen molar-refractivity contribution in [2.24, 2.45) is 0 Å². The molecule has 0 saturated carbocycles. The maximum absolute atomic E-state index is 12.1. The van der Waals surface area contributed by atoms with Crippen molar-refractivity contribution >= 4 is 35.1 Å². The third-order valence-corrected chi connectivity index (χ3v) is 2.61. The highest BCUT2D eigenvalue weighted by molar-refractivity contribution is 7.80. The third-order valence-electron chi connectivity index (χ3n) is 1.95. The monoisotopic (exact) mass is 249 g/mol. The van der Waals surface area contributed by atoms with Gasteiger partial charge in [0.1, 0.15) is 0 Å². The molecule has 0 saturated heterocycles. The van der Waals surface area contributed by atoms with Gasteiger partial charge < -0.3 is 9.72 Å². The Labute approximate surface area is 94.6 Å². The van der Waals surface area contributed by atoms with Gasteiger partial charge in [0, 0.05) is 16.5 Å². The van der Waals surface area contributed by atoms with Crippen molar-refractivity contribution in [1.82, 2.24) is 4.98 Å². The first-order chi connectivity index (χ1) is 7.09. The highest BCUT2D eigenvalue weighted by Crippen LogP contribution is 2.36. The zero-order valence-electron chi connectivity index (χ0n) is 7.30. The normalized spacial score (nSPS) is 11.3. The fourth-order valence-electron chi connectivity index (χ4n) is 1.34. The summed E-state index contributed by atoms with van der Waals surface area (Å²) < 4.78 is 28.6. The molecular formula is C9H6ClF2NOS. The summed E-state index contributed by atoms with van der Waals surface area (Å²) in [4.78, 5) is 3.44. The van der Waals surface area contributed by atoms with Gasteiger partial charge in [-0.2, -0.15) is 8.78 Å². The summed E-state index contributed by atoms with van der Waals surface area (Å²) in [7, 11) is 0. The number of benzene rings is 1. The van der Waals surface area contributed by atoms with Gasteiger partial charge in [-0.05, 0) is 12.1 Å². The Bertz CT molecular complexity index is 500. The molecule has 1 heterocycles. The lowest BCUT2D eigenvalue weighted by Crippen LogP contribution is -2.02. The summed E-state index contributed by atoms with van der Waals surface area (Å²) in [6, 6.07) is 3.18. The lowest BCUT2D eigenvalue weighted by molar-refractivity contribution is -0.0488. The predicted molar refractivity (Wildman–Crippen MR) is 57.2 cm³/mol. The Kier molecular flexibility index (Phi) is 2.75.